The monoisotopic (exact) mass is 456 g/mol. The third-order valence-electron chi connectivity index (χ3n) is 6.89. The van der Waals surface area contributed by atoms with Gasteiger partial charge >= 0.3 is 5.97 Å². The highest BCUT2D eigenvalue weighted by Crippen LogP contribution is 2.46. The number of likely N-dealkylation sites (tertiary alicyclic amines) is 1. The number of carbonyl (C=O) groups excluding carboxylic acids is 3. The summed E-state index contributed by atoms with van der Waals surface area (Å²) in [4.78, 5) is 41.7. The largest absolute Gasteiger partial charge is 0.466 e. The molecule has 1 aliphatic heterocycles. The minimum absolute atomic E-state index is 0.119. The summed E-state index contributed by atoms with van der Waals surface area (Å²) in [6, 6.07) is 4.44. The quantitative estimate of drug-likeness (QED) is 0.463. The van der Waals surface area contributed by atoms with Crippen molar-refractivity contribution in [1.29, 1.82) is 0 Å². The normalized spacial score (nSPS) is 27.3. The number of carbonyl (C=O) groups is 3. The van der Waals surface area contributed by atoms with Gasteiger partial charge in [0.05, 0.1) is 31.1 Å². The van der Waals surface area contributed by atoms with Gasteiger partial charge in [-0.15, -0.1) is 0 Å². The van der Waals surface area contributed by atoms with Gasteiger partial charge in [0, 0.05) is 11.6 Å². The molecule has 6 atom stereocenters. The number of hydrogen-bond acceptors (Lipinski definition) is 5. The fourth-order valence-corrected chi connectivity index (χ4v) is 5.26. The molecule has 1 saturated heterocycles. The van der Waals surface area contributed by atoms with E-state index in [1.807, 2.05) is 51.1 Å². The lowest BCUT2D eigenvalue weighted by atomic mass is 9.69. The van der Waals surface area contributed by atoms with Crippen molar-refractivity contribution in [2.24, 2.45) is 23.7 Å². The van der Waals surface area contributed by atoms with Crippen LogP contribution in [0, 0.1) is 37.5 Å². The highest BCUT2D eigenvalue weighted by molar-refractivity contribution is 6.02. The van der Waals surface area contributed by atoms with Crippen LogP contribution in [0.1, 0.15) is 44.7 Å². The fourth-order valence-electron chi connectivity index (χ4n) is 5.26. The first kappa shape index (κ1) is 25.0. The molecule has 1 aromatic carbocycles. The predicted octanol–water partition coefficient (Wildman–Crippen LogP) is 3.23. The molecule has 1 fully saturated rings. The molecule has 2 N–H and O–H groups in total. The number of nitrogens with one attached hydrogen (secondary N) is 1. The highest BCUT2D eigenvalue weighted by Gasteiger charge is 2.58. The van der Waals surface area contributed by atoms with Gasteiger partial charge in [-0.3, -0.25) is 14.4 Å². The molecule has 2 aliphatic rings. The summed E-state index contributed by atoms with van der Waals surface area (Å²) in [6.45, 7) is 9.34. The molecule has 0 saturated carbocycles. The Kier molecular flexibility index (Phi) is 7.95. The van der Waals surface area contributed by atoms with Gasteiger partial charge in [0.2, 0.25) is 11.8 Å². The molecule has 180 valence electrons. The minimum Gasteiger partial charge on any atom is -0.466 e. The second-order valence-corrected chi connectivity index (χ2v) is 9.25. The molecule has 0 spiro atoms. The fraction of sp³-hybridized carbons (Fsp3) is 0.577. The van der Waals surface area contributed by atoms with E-state index >= 15 is 0 Å². The number of ether oxygens (including phenoxy) is 1. The van der Waals surface area contributed by atoms with E-state index in [9.17, 15) is 19.5 Å². The molecule has 0 bridgehead atoms. The second-order valence-electron chi connectivity index (χ2n) is 9.25. The van der Waals surface area contributed by atoms with Gasteiger partial charge in [0.25, 0.3) is 0 Å². The summed E-state index contributed by atoms with van der Waals surface area (Å²) in [5.41, 5.74) is 2.63. The van der Waals surface area contributed by atoms with Crippen LogP contribution < -0.4 is 5.32 Å². The smallest absolute Gasteiger partial charge is 0.310 e. The molecule has 0 unspecified atom stereocenters. The average molecular weight is 457 g/mol. The second kappa shape index (κ2) is 10.5. The topological polar surface area (TPSA) is 95.9 Å². The number of aliphatic hydroxyl groups excluding tert-OH is 1. The Hall–Kier alpha value is -2.67. The standard InChI is InChI=1S/C26H36N2O5/c1-6-8-18-11-12-19-22(21(18)26(32)33-7-2)25(31)28(17(5)14-29)23(19)24(30)27-20-13-15(3)9-10-16(20)4/h9-13,17-19,21-23,29H,6-8,14H2,1-5H3,(H,27,30)/t17-,18-,19+,21-,22+,23+/m1/s1. The number of anilines is 1. The zero-order valence-corrected chi connectivity index (χ0v) is 20.2. The lowest BCUT2D eigenvalue weighted by Crippen LogP contribution is -2.49. The lowest BCUT2D eigenvalue weighted by Gasteiger charge is -2.34. The van der Waals surface area contributed by atoms with Crippen molar-refractivity contribution in [3.8, 4) is 0 Å². The number of aliphatic hydroxyl groups is 1. The first-order valence-electron chi connectivity index (χ1n) is 11.9. The number of amides is 2. The number of esters is 1. The lowest BCUT2D eigenvalue weighted by molar-refractivity contribution is -0.156. The third-order valence-corrected chi connectivity index (χ3v) is 6.89. The predicted molar refractivity (Wildman–Crippen MR) is 126 cm³/mol. The Morgan fingerprint density at radius 3 is 2.58 bits per heavy atom. The molecule has 1 aliphatic carbocycles. The molecular weight excluding hydrogens is 420 g/mol. The van der Waals surface area contributed by atoms with Crippen molar-refractivity contribution < 1.29 is 24.2 Å². The summed E-state index contributed by atoms with van der Waals surface area (Å²) in [6.07, 6.45) is 5.52. The SMILES string of the molecule is CCC[C@@H]1C=C[C@H]2[C@H](C(=O)N([C@H](C)CO)[C@@H]2C(=O)Nc2cc(C)ccc2C)[C@@H]1C(=O)OCC. The first-order valence-corrected chi connectivity index (χ1v) is 11.9. The van der Waals surface area contributed by atoms with Crippen LogP contribution in [0.15, 0.2) is 30.4 Å². The number of fused-ring (bicyclic) bond motifs is 1. The van der Waals surface area contributed by atoms with Crippen LogP contribution in [-0.4, -0.2) is 53.1 Å². The van der Waals surface area contributed by atoms with Crippen molar-refractivity contribution in [2.75, 3.05) is 18.5 Å². The number of aryl methyl sites for hydroxylation is 2. The van der Waals surface area contributed by atoms with Crippen molar-refractivity contribution in [1.82, 2.24) is 4.90 Å². The summed E-state index contributed by atoms with van der Waals surface area (Å²) in [5.74, 6) is -2.90. The van der Waals surface area contributed by atoms with E-state index in [-0.39, 0.29) is 30.9 Å². The van der Waals surface area contributed by atoms with Crippen LogP contribution in [0.5, 0.6) is 0 Å². The Bertz CT molecular complexity index is 927. The Labute approximate surface area is 196 Å². The number of allylic oxidation sites excluding steroid dienone is 1. The van der Waals surface area contributed by atoms with E-state index in [1.54, 1.807) is 13.8 Å². The number of rotatable bonds is 8. The molecule has 1 heterocycles. The van der Waals surface area contributed by atoms with Crippen molar-refractivity contribution in [3.05, 3.63) is 41.5 Å². The van der Waals surface area contributed by atoms with Crippen LogP contribution in [0.25, 0.3) is 0 Å². The minimum atomic E-state index is -0.819. The molecule has 3 rings (SSSR count). The summed E-state index contributed by atoms with van der Waals surface area (Å²) < 4.78 is 5.36. The zero-order valence-electron chi connectivity index (χ0n) is 20.2. The first-order chi connectivity index (χ1) is 15.7. The molecule has 1 aromatic rings. The third kappa shape index (κ3) is 4.83. The summed E-state index contributed by atoms with van der Waals surface area (Å²) in [5, 5.41) is 12.9. The zero-order chi connectivity index (χ0) is 24.3. The Morgan fingerprint density at radius 1 is 1.21 bits per heavy atom. The van der Waals surface area contributed by atoms with Gasteiger partial charge in [0.15, 0.2) is 0 Å². The number of hydrogen-bond donors (Lipinski definition) is 2. The van der Waals surface area contributed by atoms with Crippen LogP contribution in [0.4, 0.5) is 5.69 Å². The molecule has 0 radical (unpaired) electrons. The van der Waals surface area contributed by atoms with Crippen LogP contribution >= 0.6 is 0 Å². The molecule has 33 heavy (non-hydrogen) atoms. The van der Waals surface area contributed by atoms with E-state index in [2.05, 4.69) is 5.32 Å². The van der Waals surface area contributed by atoms with Gasteiger partial charge < -0.3 is 20.1 Å². The number of benzene rings is 1. The highest BCUT2D eigenvalue weighted by atomic mass is 16.5. The van der Waals surface area contributed by atoms with E-state index < -0.39 is 35.8 Å². The Morgan fingerprint density at radius 2 is 1.94 bits per heavy atom. The molecular formula is C26H36N2O5. The van der Waals surface area contributed by atoms with Gasteiger partial charge in [-0.25, -0.2) is 0 Å². The molecule has 7 heteroatoms. The maximum absolute atomic E-state index is 13.7. The van der Waals surface area contributed by atoms with Crippen LogP contribution in [0.2, 0.25) is 0 Å². The van der Waals surface area contributed by atoms with Crippen molar-refractivity contribution in [3.63, 3.8) is 0 Å². The molecule has 0 aromatic heterocycles. The van der Waals surface area contributed by atoms with Gasteiger partial charge in [-0.1, -0.05) is 37.6 Å². The Balaban J connectivity index is 2.02. The van der Waals surface area contributed by atoms with E-state index in [0.29, 0.717) is 5.69 Å². The van der Waals surface area contributed by atoms with Crippen LogP contribution in [0.3, 0.4) is 0 Å². The van der Waals surface area contributed by atoms with E-state index in [0.717, 1.165) is 24.0 Å². The van der Waals surface area contributed by atoms with Crippen molar-refractivity contribution >= 4 is 23.5 Å². The van der Waals surface area contributed by atoms with Gasteiger partial charge in [-0.2, -0.15) is 0 Å². The maximum atomic E-state index is 13.7. The van der Waals surface area contributed by atoms with Gasteiger partial charge in [0.1, 0.15) is 6.04 Å². The molecule has 7 nitrogen and oxygen atoms in total. The van der Waals surface area contributed by atoms with Gasteiger partial charge in [-0.05, 0) is 57.2 Å². The summed E-state index contributed by atoms with van der Waals surface area (Å²) in [7, 11) is 0. The van der Waals surface area contributed by atoms with Crippen molar-refractivity contribution in [2.45, 2.75) is 59.5 Å². The number of nitrogens with zero attached hydrogens (tertiary/aromatic N) is 1. The summed E-state index contributed by atoms with van der Waals surface area (Å²) >= 11 is 0. The van der Waals surface area contributed by atoms with Crippen LogP contribution in [-0.2, 0) is 19.1 Å². The van der Waals surface area contributed by atoms with E-state index in [4.69, 9.17) is 4.74 Å². The average Bonchev–Trinajstić information content (AvgIpc) is 3.08. The molecule has 2 amide bonds. The maximum Gasteiger partial charge on any atom is 0.310 e. The van der Waals surface area contributed by atoms with E-state index in [1.165, 1.54) is 4.90 Å².